The topological polar surface area (TPSA) is 73.6 Å². The first-order valence-electron chi connectivity index (χ1n) is 7.30. The largest absolute Gasteiger partial charge is 0.494 e. The summed E-state index contributed by atoms with van der Waals surface area (Å²) in [7, 11) is 1.55. The lowest BCUT2D eigenvalue weighted by atomic mass is 10.1. The van der Waals surface area contributed by atoms with Crippen LogP contribution in [0.2, 0.25) is 0 Å². The zero-order valence-electron chi connectivity index (χ0n) is 13.1. The average molecular weight is 294 g/mol. The van der Waals surface area contributed by atoms with E-state index in [1.165, 1.54) is 0 Å². The Balaban J connectivity index is 2.41. The number of carbonyl (C=O) groups is 1. The molecule has 1 aromatic carbocycles. The summed E-state index contributed by atoms with van der Waals surface area (Å²) in [5.74, 6) is 1.32. The highest BCUT2D eigenvalue weighted by Crippen LogP contribution is 2.16. The molecular weight excluding hydrogens is 268 g/mol. The van der Waals surface area contributed by atoms with Crippen molar-refractivity contribution in [1.29, 1.82) is 0 Å². The molecule has 1 atom stereocenters. The molecule has 118 valence electrons. The molecule has 1 aromatic rings. The van der Waals surface area contributed by atoms with Gasteiger partial charge in [-0.3, -0.25) is 4.79 Å². The van der Waals surface area contributed by atoms with Gasteiger partial charge in [0.2, 0.25) is 5.91 Å². The third-order valence-electron chi connectivity index (χ3n) is 3.11. The molecule has 0 saturated carbocycles. The predicted molar refractivity (Wildman–Crippen MR) is 84.5 cm³/mol. The maximum absolute atomic E-state index is 11.8. The van der Waals surface area contributed by atoms with E-state index in [1.807, 2.05) is 24.3 Å². The van der Waals surface area contributed by atoms with Gasteiger partial charge in [-0.05, 0) is 36.6 Å². The fourth-order valence-corrected chi connectivity index (χ4v) is 1.73. The third kappa shape index (κ3) is 7.11. The Morgan fingerprint density at radius 2 is 1.95 bits per heavy atom. The van der Waals surface area contributed by atoms with E-state index >= 15 is 0 Å². The SMILES string of the molecule is COC(CN)CC(=O)Nc1ccc(OCCC(C)C)cc1. The fourth-order valence-electron chi connectivity index (χ4n) is 1.73. The quantitative estimate of drug-likeness (QED) is 0.733. The van der Waals surface area contributed by atoms with Crippen LogP contribution in [0.15, 0.2) is 24.3 Å². The molecule has 0 radical (unpaired) electrons. The smallest absolute Gasteiger partial charge is 0.227 e. The van der Waals surface area contributed by atoms with Crippen LogP contribution in [0.4, 0.5) is 5.69 Å². The Bertz CT molecular complexity index is 414. The first kappa shape index (κ1) is 17.5. The summed E-state index contributed by atoms with van der Waals surface area (Å²) in [6.07, 6.45) is 1.03. The van der Waals surface area contributed by atoms with Crippen molar-refractivity contribution in [3.63, 3.8) is 0 Å². The van der Waals surface area contributed by atoms with E-state index in [1.54, 1.807) is 7.11 Å². The Morgan fingerprint density at radius 3 is 2.48 bits per heavy atom. The standard InChI is InChI=1S/C16H26N2O3/c1-12(2)8-9-21-14-6-4-13(5-7-14)18-16(19)10-15(11-17)20-3/h4-7,12,15H,8-11,17H2,1-3H3,(H,18,19). The van der Waals surface area contributed by atoms with Crippen LogP contribution in [0.5, 0.6) is 5.75 Å². The number of amides is 1. The Morgan fingerprint density at radius 1 is 1.29 bits per heavy atom. The summed E-state index contributed by atoms with van der Waals surface area (Å²) in [4.78, 5) is 11.8. The van der Waals surface area contributed by atoms with Crippen LogP contribution in [-0.4, -0.2) is 32.3 Å². The van der Waals surface area contributed by atoms with Crippen LogP contribution in [0.25, 0.3) is 0 Å². The molecule has 0 heterocycles. The van der Waals surface area contributed by atoms with E-state index in [-0.39, 0.29) is 18.4 Å². The zero-order chi connectivity index (χ0) is 15.7. The van der Waals surface area contributed by atoms with Gasteiger partial charge in [-0.1, -0.05) is 13.8 Å². The van der Waals surface area contributed by atoms with Crippen molar-refractivity contribution in [3.05, 3.63) is 24.3 Å². The molecule has 0 aliphatic rings. The summed E-state index contributed by atoms with van der Waals surface area (Å²) in [5.41, 5.74) is 6.23. The lowest BCUT2D eigenvalue weighted by molar-refractivity contribution is -0.118. The van der Waals surface area contributed by atoms with E-state index in [2.05, 4.69) is 19.2 Å². The van der Waals surface area contributed by atoms with Gasteiger partial charge in [0, 0.05) is 19.3 Å². The summed E-state index contributed by atoms with van der Waals surface area (Å²) in [6, 6.07) is 7.36. The second-order valence-corrected chi connectivity index (χ2v) is 5.40. The first-order valence-corrected chi connectivity index (χ1v) is 7.30. The lowest BCUT2D eigenvalue weighted by Gasteiger charge is -2.13. The predicted octanol–water partition coefficient (Wildman–Crippen LogP) is 2.41. The molecule has 21 heavy (non-hydrogen) atoms. The van der Waals surface area contributed by atoms with Crippen LogP contribution >= 0.6 is 0 Å². The van der Waals surface area contributed by atoms with Crippen molar-refractivity contribution in [1.82, 2.24) is 0 Å². The van der Waals surface area contributed by atoms with Crippen LogP contribution in [0.3, 0.4) is 0 Å². The van der Waals surface area contributed by atoms with Crippen LogP contribution in [-0.2, 0) is 9.53 Å². The highest BCUT2D eigenvalue weighted by Gasteiger charge is 2.11. The van der Waals surface area contributed by atoms with E-state index in [0.29, 0.717) is 19.1 Å². The van der Waals surface area contributed by atoms with Gasteiger partial charge in [0.1, 0.15) is 5.75 Å². The molecule has 3 N–H and O–H groups in total. The molecule has 1 rings (SSSR count). The number of rotatable bonds is 9. The van der Waals surface area contributed by atoms with Crippen molar-refractivity contribution in [2.45, 2.75) is 32.8 Å². The molecule has 1 amide bonds. The number of nitrogens with two attached hydrogens (primary N) is 1. The van der Waals surface area contributed by atoms with E-state index in [9.17, 15) is 4.79 Å². The zero-order valence-corrected chi connectivity index (χ0v) is 13.1. The Kier molecular flexibility index (Phi) is 7.79. The van der Waals surface area contributed by atoms with Gasteiger partial charge in [-0.25, -0.2) is 0 Å². The average Bonchev–Trinajstić information content (AvgIpc) is 2.46. The van der Waals surface area contributed by atoms with Gasteiger partial charge in [0.25, 0.3) is 0 Å². The van der Waals surface area contributed by atoms with Gasteiger partial charge in [0.05, 0.1) is 19.1 Å². The van der Waals surface area contributed by atoms with Gasteiger partial charge in [-0.15, -0.1) is 0 Å². The molecule has 1 unspecified atom stereocenters. The maximum atomic E-state index is 11.8. The van der Waals surface area contributed by atoms with Crippen LogP contribution < -0.4 is 15.8 Å². The number of nitrogens with one attached hydrogen (secondary N) is 1. The molecular formula is C16H26N2O3. The molecule has 0 saturated heterocycles. The number of ether oxygens (including phenoxy) is 2. The number of anilines is 1. The Hall–Kier alpha value is -1.59. The van der Waals surface area contributed by atoms with Crippen molar-refractivity contribution in [3.8, 4) is 5.75 Å². The molecule has 0 aromatic heterocycles. The monoisotopic (exact) mass is 294 g/mol. The number of methoxy groups -OCH3 is 1. The molecule has 5 nitrogen and oxygen atoms in total. The minimum absolute atomic E-state index is 0.110. The summed E-state index contributed by atoms with van der Waals surface area (Å²) < 4.78 is 10.7. The van der Waals surface area contributed by atoms with Crippen LogP contribution in [0.1, 0.15) is 26.7 Å². The minimum Gasteiger partial charge on any atom is -0.494 e. The summed E-state index contributed by atoms with van der Waals surface area (Å²) >= 11 is 0. The molecule has 0 bridgehead atoms. The highest BCUT2D eigenvalue weighted by molar-refractivity contribution is 5.91. The van der Waals surface area contributed by atoms with E-state index in [0.717, 1.165) is 17.9 Å². The summed E-state index contributed by atoms with van der Waals surface area (Å²) in [6.45, 7) is 5.36. The molecule has 0 fully saturated rings. The Labute approximate surface area is 126 Å². The van der Waals surface area contributed by atoms with Gasteiger partial charge in [0.15, 0.2) is 0 Å². The highest BCUT2D eigenvalue weighted by atomic mass is 16.5. The number of carbonyl (C=O) groups excluding carboxylic acids is 1. The van der Waals surface area contributed by atoms with E-state index in [4.69, 9.17) is 15.2 Å². The molecule has 5 heteroatoms. The second-order valence-electron chi connectivity index (χ2n) is 5.40. The number of hydrogen-bond acceptors (Lipinski definition) is 4. The first-order chi connectivity index (χ1) is 10.0. The van der Waals surface area contributed by atoms with Crippen molar-refractivity contribution in [2.24, 2.45) is 11.7 Å². The summed E-state index contributed by atoms with van der Waals surface area (Å²) in [5, 5.41) is 2.81. The number of benzene rings is 1. The van der Waals surface area contributed by atoms with Crippen molar-refractivity contribution in [2.75, 3.05) is 25.6 Å². The third-order valence-corrected chi connectivity index (χ3v) is 3.11. The minimum atomic E-state index is -0.247. The normalized spacial score (nSPS) is 12.2. The van der Waals surface area contributed by atoms with Crippen molar-refractivity contribution >= 4 is 11.6 Å². The molecule has 0 aliphatic heterocycles. The maximum Gasteiger partial charge on any atom is 0.227 e. The lowest BCUT2D eigenvalue weighted by Crippen LogP contribution is -2.28. The molecule has 0 aliphatic carbocycles. The second kappa shape index (κ2) is 9.37. The van der Waals surface area contributed by atoms with Gasteiger partial charge in [-0.2, -0.15) is 0 Å². The number of hydrogen-bond donors (Lipinski definition) is 2. The van der Waals surface area contributed by atoms with Crippen molar-refractivity contribution < 1.29 is 14.3 Å². The van der Waals surface area contributed by atoms with E-state index < -0.39 is 0 Å². The van der Waals surface area contributed by atoms with Crippen LogP contribution in [0, 0.1) is 5.92 Å². The van der Waals surface area contributed by atoms with Gasteiger partial charge >= 0.3 is 0 Å². The molecule has 0 spiro atoms. The van der Waals surface area contributed by atoms with Gasteiger partial charge < -0.3 is 20.5 Å². The fraction of sp³-hybridized carbons (Fsp3) is 0.562.